The van der Waals surface area contributed by atoms with E-state index >= 15 is 0 Å². The molecule has 0 aliphatic carbocycles. The molecular weight excluding hydrogens is 312 g/mol. The highest BCUT2D eigenvalue weighted by Gasteiger charge is 2.09. The van der Waals surface area contributed by atoms with Crippen LogP contribution in [0.2, 0.25) is 5.02 Å². The van der Waals surface area contributed by atoms with Crippen molar-refractivity contribution >= 4 is 39.9 Å². The molecule has 0 fully saturated rings. The van der Waals surface area contributed by atoms with Crippen LogP contribution in [0.25, 0.3) is 10.9 Å². The summed E-state index contributed by atoms with van der Waals surface area (Å²) < 4.78 is 1.90. The lowest BCUT2D eigenvalue weighted by Gasteiger charge is -2.07. The molecule has 1 amide bonds. The number of amides is 1. The monoisotopic (exact) mass is 326 g/mol. The summed E-state index contributed by atoms with van der Waals surface area (Å²) in [5.41, 5.74) is 2.25. The minimum atomic E-state index is -0.137. The van der Waals surface area contributed by atoms with Gasteiger partial charge in [0.15, 0.2) is 5.78 Å². The topological polar surface area (TPSA) is 51.1 Å². The Morgan fingerprint density at radius 1 is 1.09 bits per heavy atom. The summed E-state index contributed by atoms with van der Waals surface area (Å²) in [7, 11) is 0. The van der Waals surface area contributed by atoms with Crippen LogP contribution in [0.3, 0.4) is 0 Å². The third-order valence-corrected chi connectivity index (χ3v) is 3.81. The number of nitrogens with one attached hydrogen (secondary N) is 1. The summed E-state index contributed by atoms with van der Waals surface area (Å²) >= 11 is 5.97. The largest absolute Gasteiger partial charge is 0.340 e. The fraction of sp³-hybridized carbons (Fsp3) is 0.111. The van der Waals surface area contributed by atoms with Gasteiger partial charge in [-0.2, -0.15) is 0 Å². The molecule has 3 rings (SSSR count). The zero-order chi connectivity index (χ0) is 16.4. The average molecular weight is 327 g/mol. The van der Waals surface area contributed by atoms with Crippen LogP contribution in [-0.2, 0) is 11.3 Å². The van der Waals surface area contributed by atoms with Crippen LogP contribution in [0.5, 0.6) is 0 Å². The van der Waals surface area contributed by atoms with Crippen molar-refractivity contribution in [3.05, 3.63) is 65.3 Å². The summed E-state index contributed by atoms with van der Waals surface area (Å²) in [4.78, 5) is 23.4. The van der Waals surface area contributed by atoms with Crippen molar-refractivity contribution in [2.75, 3.05) is 5.32 Å². The van der Waals surface area contributed by atoms with Gasteiger partial charge in [-0.15, -0.1) is 0 Å². The molecule has 116 valence electrons. The minimum absolute atomic E-state index is 0.00632. The van der Waals surface area contributed by atoms with Gasteiger partial charge in [0.25, 0.3) is 0 Å². The Hall–Kier alpha value is -2.59. The van der Waals surface area contributed by atoms with Crippen LogP contribution in [0.4, 0.5) is 5.69 Å². The number of fused-ring (bicyclic) bond motifs is 1. The maximum Gasteiger partial charge on any atom is 0.221 e. The smallest absolute Gasteiger partial charge is 0.221 e. The van der Waals surface area contributed by atoms with Gasteiger partial charge >= 0.3 is 0 Å². The number of ketones is 1. The molecule has 0 atom stereocenters. The second-order valence-corrected chi connectivity index (χ2v) is 5.76. The van der Waals surface area contributed by atoms with Gasteiger partial charge in [-0.05, 0) is 48.5 Å². The minimum Gasteiger partial charge on any atom is -0.340 e. The first-order chi connectivity index (χ1) is 11.0. The molecule has 1 heterocycles. The van der Waals surface area contributed by atoms with Crippen LogP contribution in [0, 0.1) is 0 Å². The number of Topliss-reactive ketones (excluding diaryl/α,β-unsaturated/α-hetero) is 1. The summed E-state index contributed by atoms with van der Waals surface area (Å²) in [6, 6.07) is 14.4. The third-order valence-electron chi connectivity index (χ3n) is 3.57. The lowest BCUT2D eigenvalue weighted by atomic mass is 10.1. The summed E-state index contributed by atoms with van der Waals surface area (Å²) in [5, 5.41) is 4.36. The van der Waals surface area contributed by atoms with E-state index in [9.17, 15) is 9.59 Å². The van der Waals surface area contributed by atoms with Gasteiger partial charge in [0.1, 0.15) is 0 Å². The highest BCUT2D eigenvalue weighted by Crippen LogP contribution is 2.21. The van der Waals surface area contributed by atoms with E-state index in [4.69, 9.17) is 11.6 Å². The fourth-order valence-electron chi connectivity index (χ4n) is 2.50. The molecule has 5 heteroatoms. The van der Waals surface area contributed by atoms with Gasteiger partial charge in [-0.3, -0.25) is 9.59 Å². The maximum atomic E-state index is 12.4. The molecule has 0 saturated carbocycles. The number of aromatic nitrogens is 1. The van der Waals surface area contributed by atoms with Crippen molar-refractivity contribution in [1.82, 2.24) is 4.57 Å². The molecule has 0 radical (unpaired) electrons. The highest BCUT2D eigenvalue weighted by molar-refractivity contribution is 6.31. The van der Waals surface area contributed by atoms with Gasteiger partial charge in [0.2, 0.25) is 5.91 Å². The van der Waals surface area contributed by atoms with Crippen LogP contribution >= 0.6 is 11.6 Å². The number of carbonyl (C=O) groups excluding carboxylic acids is 2. The van der Waals surface area contributed by atoms with Crippen molar-refractivity contribution in [3.63, 3.8) is 0 Å². The predicted octanol–water partition coefficient (Wildman–Crippen LogP) is 4.14. The van der Waals surface area contributed by atoms with Crippen molar-refractivity contribution in [2.24, 2.45) is 0 Å². The van der Waals surface area contributed by atoms with Gasteiger partial charge in [-0.1, -0.05) is 11.6 Å². The Morgan fingerprint density at radius 3 is 2.52 bits per heavy atom. The first-order valence-electron chi connectivity index (χ1n) is 7.18. The molecular formula is C18H15ClN2O2. The molecule has 0 aliphatic heterocycles. The third kappa shape index (κ3) is 3.43. The molecule has 1 aromatic heterocycles. The van der Waals surface area contributed by atoms with Crippen molar-refractivity contribution in [2.45, 2.75) is 13.5 Å². The number of rotatable bonds is 4. The highest BCUT2D eigenvalue weighted by atomic mass is 35.5. The lowest BCUT2D eigenvalue weighted by molar-refractivity contribution is -0.114. The van der Waals surface area contributed by atoms with E-state index in [0.29, 0.717) is 16.3 Å². The van der Waals surface area contributed by atoms with Gasteiger partial charge in [-0.25, -0.2) is 0 Å². The SMILES string of the molecule is CC(=O)Nc1ccc(C(=O)Cn2ccc3cc(Cl)ccc32)cc1. The first-order valence-corrected chi connectivity index (χ1v) is 7.56. The Balaban J connectivity index is 1.79. The number of hydrogen-bond acceptors (Lipinski definition) is 2. The quantitative estimate of drug-likeness (QED) is 0.733. The molecule has 0 unspecified atom stereocenters. The van der Waals surface area contributed by atoms with E-state index in [2.05, 4.69) is 5.32 Å². The van der Waals surface area contributed by atoms with Gasteiger partial charge in [0.05, 0.1) is 6.54 Å². The first kappa shape index (κ1) is 15.3. The summed E-state index contributed by atoms with van der Waals surface area (Å²) in [6.45, 7) is 1.70. The summed E-state index contributed by atoms with van der Waals surface area (Å²) in [6.07, 6.45) is 1.88. The Morgan fingerprint density at radius 2 is 1.83 bits per heavy atom. The second kappa shape index (κ2) is 6.26. The number of carbonyl (C=O) groups is 2. The van der Waals surface area contributed by atoms with Gasteiger partial charge < -0.3 is 9.88 Å². The van der Waals surface area contributed by atoms with Crippen molar-refractivity contribution in [1.29, 1.82) is 0 Å². The standard InChI is InChI=1S/C18H15ClN2O2/c1-12(22)20-16-5-2-13(3-6-16)18(23)11-21-9-8-14-10-15(19)4-7-17(14)21/h2-10H,11H2,1H3,(H,20,22). The predicted molar refractivity (Wildman–Crippen MR) is 92.0 cm³/mol. The van der Waals surface area contributed by atoms with Crippen LogP contribution in [0.1, 0.15) is 17.3 Å². The number of benzene rings is 2. The second-order valence-electron chi connectivity index (χ2n) is 5.33. The molecule has 4 nitrogen and oxygen atoms in total. The van der Waals surface area contributed by atoms with Crippen LogP contribution in [0.15, 0.2) is 54.7 Å². The molecule has 0 aliphatic rings. The van der Waals surface area contributed by atoms with E-state index in [1.807, 2.05) is 35.0 Å². The number of halogens is 1. The number of hydrogen-bond donors (Lipinski definition) is 1. The molecule has 3 aromatic rings. The molecule has 0 saturated heterocycles. The molecule has 0 spiro atoms. The Kier molecular flexibility index (Phi) is 4.17. The maximum absolute atomic E-state index is 12.4. The van der Waals surface area contributed by atoms with E-state index in [0.717, 1.165) is 10.9 Å². The molecule has 2 aromatic carbocycles. The van der Waals surface area contributed by atoms with E-state index in [-0.39, 0.29) is 18.2 Å². The van der Waals surface area contributed by atoms with Crippen LogP contribution in [-0.4, -0.2) is 16.3 Å². The van der Waals surface area contributed by atoms with Crippen LogP contribution < -0.4 is 5.32 Å². The Labute approximate surface area is 138 Å². The molecule has 0 bridgehead atoms. The lowest BCUT2D eigenvalue weighted by Crippen LogP contribution is -2.10. The summed E-state index contributed by atoms with van der Waals surface area (Å²) in [5.74, 6) is -0.131. The van der Waals surface area contributed by atoms with E-state index in [1.54, 1.807) is 24.3 Å². The van der Waals surface area contributed by atoms with E-state index < -0.39 is 0 Å². The number of nitrogens with zero attached hydrogens (tertiary/aromatic N) is 1. The van der Waals surface area contributed by atoms with Crippen molar-refractivity contribution < 1.29 is 9.59 Å². The zero-order valence-electron chi connectivity index (χ0n) is 12.5. The fourth-order valence-corrected chi connectivity index (χ4v) is 2.68. The average Bonchev–Trinajstić information content (AvgIpc) is 2.89. The van der Waals surface area contributed by atoms with Crippen molar-refractivity contribution in [3.8, 4) is 0 Å². The zero-order valence-corrected chi connectivity index (χ0v) is 13.3. The number of anilines is 1. The Bertz CT molecular complexity index is 882. The molecule has 1 N–H and O–H groups in total. The molecule has 23 heavy (non-hydrogen) atoms. The van der Waals surface area contributed by atoms with E-state index in [1.165, 1.54) is 6.92 Å². The van der Waals surface area contributed by atoms with Gasteiger partial charge in [0, 0.05) is 40.3 Å². The normalized spacial score (nSPS) is 10.7.